The van der Waals surface area contributed by atoms with E-state index in [9.17, 15) is 8.42 Å². The third kappa shape index (κ3) is 2.83. The molecule has 0 amide bonds. The number of aryl methyl sites for hydroxylation is 2. The normalized spacial score (nSPS) is 13.3. The predicted octanol–water partition coefficient (Wildman–Crippen LogP) is 1.35. The maximum Gasteiger partial charge on any atom is 0.260 e. The van der Waals surface area contributed by atoms with Gasteiger partial charge in [-0.3, -0.25) is 0 Å². The highest BCUT2D eigenvalue weighted by Gasteiger charge is 2.22. The Hall–Kier alpha value is -1.86. The van der Waals surface area contributed by atoms with E-state index in [-0.39, 0.29) is 5.03 Å². The number of nitrogens with two attached hydrogens (primary N) is 1. The summed E-state index contributed by atoms with van der Waals surface area (Å²) in [6, 6.07) is 6.74. The first-order valence-electron chi connectivity index (χ1n) is 6.18. The van der Waals surface area contributed by atoms with Crippen molar-refractivity contribution in [1.29, 1.82) is 0 Å². The quantitative estimate of drug-likeness (QED) is 0.833. The molecule has 108 valence electrons. The minimum Gasteiger partial charge on any atom is -0.398 e. The summed E-state index contributed by atoms with van der Waals surface area (Å²) >= 11 is 0. The standard InChI is InChI=1S/C13H18N4O2S/c1-9(11-6-4-5-7-12(11)14)16-20(18,19)13-8-17(3)10(2)15-13/h4-9,16H,14H2,1-3H3. The molecule has 3 N–H and O–H groups in total. The molecule has 1 heterocycles. The molecule has 20 heavy (non-hydrogen) atoms. The van der Waals surface area contributed by atoms with Crippen LogP contribution in [0.5, 0.6) is 0 Å². The van der Waals surface area contributed by atoms with Crippen molar-refractivity contribution in [3.8, 4) is 0 Å². The van der Waals surface area contributed by atoms with E-state index in [1.807, 2.05) is 12.1 Å². The Kier molecular flexibility index (Phi) is 3.82. The predicted molar refractivity (Wildman–Crippen MR) is 77.5 cm³/mol. The second-order valence-electron chi connectivity index (χ2n) is 4.71. The molecule has 0 fully saturated rings. The van der Waals surface area contributed by atoms with Crippen LogP contribution in [-0.4, -0.2) is 18.0 Å². The molecule has 1 atom stereocenters. The van der Waals surface area contributed by atoms with E-state index in [0.717, 1.165) is 5.56 Å². The summed E-state index contributed by atoms with van der Waals surface area (Å²) in [6.45, 7) is 3.50. The summed E-state index contributed by atoms with van der Waals surface area (Å²) in [6.07, 6.45) is 1.48. The van der Waals surface area contributed by atoms with Crippen LogP contribution in [0.2, 0.25) is 0 Å². The largest absolute Gasteiger partial charge is 0.398 e. The number of nitrogens with one attached hydrogen (secondary N) is 1. The number of para-hydroxylation sites is 1. The molecule has 1 aromatic heterocycles. The van der Waals surface area contributed by atoms with Gasteiger partial charge in [-0.05, 0) is 25.5 Å². The molecular formula is C13H18N4O2S. The van der Waals surface area contributed by atoms with Gasteiger partial charge in [0.2, 0.25) is 0 Å². The van der Waals surface area contributed by atoms with E-state index in [4.69, 9.17) is 5.73 Å². The van der Waals surface area contributed by atoms with Gasteiger partial charge in [-0.25, -0.2) is 18.1 Å². The maximum atomic E-state index is 12.3. The van der Waals surface area contributed by atoms with E-state index in [2.05, 4.69) is 9.71 Å². The molecule has 7 heteroatoms. The summed E-state index contributed by atoms with van der Waals surface area (Å²) in [5.74, 6) is 0.636. The van der Waals surface area contributed by atoms with Gasteiger partial charge in [0.05, 0.1) is 0 Å². The van der Waals surface area contributed by atoms with Crippen LogP contribution in [0.1, 0.15) is 24.4 Å². The van der Waals surface area contributed by atoms with Gasteiger partial charge in [0.25, 0.3) is 10.0 Å². The molecule has 1 aromatic carbocycles. The first-order chi connectivity index (χ1) is 9.31. The first kappa shape index (κ1) is 14.5. The Morgan fingerprint density at radius 3 is 2.55 bits per heavy atom. The fourth-order valence-corrected chi connectivity index (χ4v) is 3.18. The van der Waals surface area contributed by atoms with E-state index in [1.54, 1.807) is 37.6 Å². The zero-order chi connectivity index (χ0) is 14.9. The highest BCUT2D eigenvalue weighted by atomic mass is 32.2. The van der Waals surface area contributed by atoms with Crippen LogP contribution < -0.4 is 10.5 Å². The third-order valence-corrected chi connectivity index (χ3v) is 4.57. The number of nitrogen functional groups attached to an aromatic ring is 1. The van der Waals surface area contributed by atoms with Crippen molar-refractivity contribution in [3.05, 3.63) is 41.9 Å². The lowest BCUT2D eigenvalue weighted by Crippen LogP contribution is -2.27. The molecule has 0 aliphatic rings. The van der Waals surface area contributed by atoms with Crippen LogP contribution in [0.3, 0.4) is 0 Å². The molecule has 6 nitrogen and oxygen atoms in total. The summed E-state index contributed by atoms with van der Waals surface area (Å²) in [7, 11) is -1.91. The van der Waals surface area contributed by atoms with Crippen molar-refractivity contribution in [2.45, 2.75) is 24.9 Å². The second kappa shape index (κ2) is 5.26. The number of aromatic nitrogens is 2. The highest BCUT2D eigenvalue weighted by molar-refractivity contribution is 7.89. The van der Waals surface area contributed by atoms with Crippen molar-refractivity contribution in [3.63, 3.8) is 0 Å². The van der Waals surface area contributed by atoms with E-state index in [0.29, 0.717) is 11.5 Å². The Morgan fingerprint density at radius 2 is 2.00 bits per heavy atom. The highest BCUT2D eigenvalue weighted by Crippen LogP contribution is 2.21. The molecule has 0 saturated carbocycles. The van der Waals surface area contributed by atoms with Crippen LogP contribution in [0.15, 0.2) is 35.5 Å². The number of rotatable bonds is 4. The van der Waals surface area contributed by atoms with Crippen molar-refractivity contribution < 1.29 is 8.42 Å². The number of hydrogen-bond donors (Lipinski definition) is 2. The van der Waals surface area contributed by atoms with Crippen LogP contribution in [0.25, 0.3) is 0 Å². The average molecular weight is 294 g/mol. The van der Waals surface area contributed by atoms with Gasteiger partial charge in [-0.2, -0.15) is 0 Å². The van der Waals surface area contributed by atoms with Crippen LogP contribution in [-0.2, 0) is 17.1 Å². The summed E-state index contributed by atoms with van der Waals surface area (Å²) in [5.41, 5.74) is 7.15. The smallest absolute Gasteiger partial charge is 0.260 e. The average Bonchev–Trinajstić information content (AvgIpc) is 2.70. The number of nitrogens with zero attached hydrogens (tertiary/aromatic N) is 2. The third-order valence-electron chi connectivity index (χ3n) is 3.16. The monoisotopic (exact) mass is 294 g/mol. The minimum atomic E-state index is -3.66. The van der Waals surface area contributed by atoms with Gasteiger partial charge in [0.15, 0.2) is 5.03 Å². The lowest BCUT2D eigenvalue weighted by Gasteiger charge is -2.15. The Morgan fingerprint density at radius 1 is 1.35 bits per heavy atom. The lowest BCUT2D eigenvalue weighted by atomic mass is 10.1. The first-order valence-corrected chi connectivity index (χ1v) is 7.66. The number of anilines is 1. The topological polar surface area (TPSA) is 90.0 Å². The molecule has 0 aliphatic heterocycles. The molecule has 0 spiro atoms. The fraction of sp³-hybridized carbons (Fsp3) is 0.308. The number of imidazole rings is 1. The van der Waals surface area contributed by atoms with Crippen LogP contribution in [0, 0.1) is 6.92 Å². The van der Waals surface area contributed by atoms with Gasteiger partial charge in [-0.15, -0.1) is 0 Å². The Labute approximate surface area is 118 Å². The van der Waals surface area contributed by atoms with Gasteiger partial charge in [0.1, 0.15) is 5.82 Å². The van der Waals surface area contributed by atoms with E-state index < -0.39 is 16.1 Å². The molecule has 0 radical (unpaired) electrons. The van der Waals surface area contributed by atoms with E-state index >= 15 is 0 Å². The maximum absolute atomic E-state index is 12.3. The molecule has 2 rings (SSSR count). The van der Waals surface area contributed by atoms with Gasteiger partial charge in [-0.1, -0.05) is 18.2 Å². The van der Waals surface area contributed by atoms with Crippen molar-refractivity contribution in [1.82, 2.24) is 14.3 Å². The van der Waals surface area contributed by atoms with E-state index in [1.165, 1.54) is 6.20 Å². The summed E-state index contributed by atoms with van der Waals surface area (Å²) in [4.78, 5) is 4.03. The molecule has 1 unspecified atom stereocenters. The number of benzene rings is 1. The summed E-state index contributed by atoms with van der Waals surface area (Å²) in [5, 5.41) is 0.0128. The van der Waals surface area contributed by atoms with Crippen LogP contribution in [0.4, 0.5) is 5.69 Å². The number of hydrogen-bond acceptors (Lipinski definition) is 4. The molecule has 0 bridgehead atoms. The SMILES string of the molecule is Cc1nc(S(=O)(=O)NC(C)c2ccccc2N)cn1C. The lowest BCUT2D eigenvalue weighted by molar-refractivity contribution is 0.564. The zero-order valence-corrected chi connectivity index (χ0v) is 12.5. The number of sulfonamides is 1. The van der Waals surface area contributed by atoms with Gasteiger partial charge >= 0.3 is 0 Å². The van der Waals surface area contributed by atoms with Gasteiger partial charge < -0.3 is 10.3 Å². The zero-order valence-electron chi connectivity index (χ0n) is 11.7. The second-order valence-corrected chi connectivity index (χ2v) is 6.37. The minimum absolute atomic E-state index is 0.0128. The fourth-order valence-electron chi connectivity index (χ4n) is 1.92. The molecule has 0 aliphatic carbocycles. The van der Waals surface area contributed by atoms with Crippen molar-refractivity contribution >= 4 is 15.7 Å². The molecule has 0 saturated heterocycles. The Balaban J connectivity index is 2.27. The van der Waals surface area contributed by atoms with Gasteiger partial charge in [0, 0.05) is 25.0 Å². The summed E-state index contributed by atoms with van der Waals surface area (Å²) < 4.78 is 28.8. The molecular weight excluding hydrogens is 276 g/mol. The molecule has 2 aromatic rings. The Bertz CT molecular complexity index is 702. The van der Waals surface area contributed by atoms with Crippen molar-refractivity contribution in [2.24, 2.45) is 7.05 Å². The van der Waals surface area contributed by atoms with Crippen LogP contribution >= 0.6 is 0 Å². The van der Waals surface area contributed by atoms with Crippen molar-refractivity contribution in [2.75, 3.05) is 5.73 Å².